The molecule has 2 fully saturated rings. The predicted molar refractivity (Wildman–Crippen MR) is 80.9 cm³/mol. The normalized spacial score (nSPS) is 23.8. The SMILES string of the molecule is CCN(CCC(C)(NC1CC1)C(=O)O)C1CCCCC1. The minimum atomic E-state index is -0.761. The van der Waals surface area contributed by atoms with Gasteiger partial charge in [-0.2, -0.15) is 0 Å². The average molecular weight is 282 g/mol. The van der Waals surface area contributed by atoms with Gasteiger partial charge in [-0.15, -0.1) is 0 Å². The van der Waals surface area contributed by atoms with Crippen LogP contribution in [-0.2, 0) is 4.79 Å². The molecule has 116 valence electrons. The van der Waals surface area contributed by atoms with E-state index < -0.39 is 11.5 Å². The van der Waals surface area contributed by atoms with Crippen molar-refractivity contribution in [3.8, 4) is 0 Å². The lowest BCUT2D eigenvalue weighted by Gasteiger charge is -2.36. The van der Waals surface area contributed by atoms with Gasteiger partial charge < -0.3 is 10.0 Å². The van der Waals surface area contributed by atoms with Crippen LogP contribution in [0.15, 0.2) is 0 Å². The number of hydrogen-bond donors (Lipinski definition) is 2. The molecular formula is C16H30N2O2. The molecule has 2 rings (SSSR count). The molecule has 0 amide bonds. The molecule has 4 nitrogen and oxygen atoms in total. The second kappa shape index (κ2) is 6.90. The third-order valence-electron chi connectivity index (χ3n) is 4.97. The third kappa shape index (κ3) is 4.19. The zero-order chi connectivity index (χ0) is 14.6. The van der Waals surface area contributed by atoms with Crippen molar-refractivity contribution < 1.29 is 9.90 Å². The number of carboxylic acids is 1. The van der Waals surface area contributed by atoms with Crippen LogP contribution in [-0.4, -0.2) is 46.7 Å². The molecule has 0 aliphatic heterocycles. The fourth-order valence-corrected chi connectivity index (χ4v) is 3.33. The highest BCUT2D eigenvalue weighted by molar-refractivity contribution is 5.78. The van der Waals surface area contributed by atoms with Gasteiger partial charge >= 0.3 is 5.97 Å². The van der Waals surface area contributed by atoms with Crippen molar-refractivity contribution in [2.75, 3.05) is 13.1 Å². The Morgan fingerprint density at radius 3 is 2.40 bits per heavy atom. The van der Waals surface area contributed by atoms with Crippen LogP contribution in [0.5, 0.6) is 0 Å². The summed E-state index contributed by atoms with van der Waals surface area (Å²) in [6, 6.07) is 1.11. The Morgan fingerprint density at radius 2 is 1.90 bits per heavy atom. The molecule has 2 aliphatic carbocycles. The Kier molecular flexibility index (Phi) is 5.44. The van der Waals surface area contributed by atoms with E-state index in [-0.39, 0.29) is 0 Å². The number of aliphatic carboxylic acids is 1. The van der Waals surface area contributed by atoms with Crippen LogP contribution in [0.1, 0.15) is 65.2 Å². The highest BCUT2D eigenvalue weighted by Crippen LogP contribution is 2.26. The maximum Gasteiger partial charge on any atom is 0.323 e. The fourth-order valence-electron chi connectivity index (χ4n) is 3.33. The third-order valence-corrected chi connectivity index (χ3v) is 4.97. The summed E-state index contributed by atoms with van der Waals surface area (Å²) in [7, 11) is 0. The minimum Gasteiger partial charge on any atom is -0.480 e. The number of nitrogens with one attached hydrogen (secondary N) is 1. The molecule has 0 bridgehead atoms. The Bertz CT molecular complexity index is 324. The van der Waals surface area contributed by atoms with Crippen LogP contribution in [0.25, 0.3) is 0 Å². The summed E-state index contributed by atoms with van der Waals surface area (Å²) in [5.74, 6) is -0.705. The first kappa shape index (κ1) is 15.8. The standard InChI is InChI=1S/C16H30N2O2/c1-3-18(14-7-5-4-6-8-14)12-11-16(2,15(19)20)17-13-9-10-13/h13-14,17H,3-12H2,1-2H3,(H,19,20). The lowest BCUT2D eigenvalue weighted by Crippen LogP contribution is -2.53. The molecule has 1 unspecified atom stereocenters. The van der Waals surface area contributed by atoms with Gasteiger partial charge in [0.05, 0.1) is 0 Å². The molecule has 1 atom stereocenters. The lowest BCUT2D eigenvalue weighted by atomic mass is 9.92. The van der Waals surface area contributed by atoms with Gasteiger partial charge in [0.15, 0.2) is 0 Å². The van der Waals surface area contributed by atoms with Gasteiger partial charge in [-0.05, 0) is 45.6 Å². The summed E-state index contributed by atoms with van der Waals surface area (Å²) in [6.45, 7) is 5.97. The van der Waals surface area contributed by atoms with Crippen LogP contribution in [0.2, 0.25) is 0 Å². The van der Waals surface area contributed by atoms with Crippen molar-refractivity contribution in [3.05, 3.63) is 0 Å². The van der Waals surface area contributed by atoms with Crippen LogP contribution in [0.3, 0.4) is 0 Å². The van der Waals surface area contributed by atoms with E-state index in [4.69, 9.17) is 0 Å². The summed E-state index contributed by atoms with van der Waals surface area (Å²) in [4.78, 5) is 14.1. The van der Waals surface area contributed by atoms with Gasteiger partial charge in [0.25, 0.3) is 0 Å². The van der Waals surface area contributed by atoms with Gasteiger partial charge in [0, 0.05) is 18.6 Å². The zero-order valence-electron chi connectivity index (χ0n) is 13.0. The number of nitrogens with zero attached hydrogens (tertiary/aromatic N) is 1. The lowest BCUT2D eigenvalue weighted by molar-refractivity contribution is -0.144. The molecule has 0 heterocycles. The highest BCUT2D eigenvalue weighted by atomic mass is 16.4. The van der Waals surface area contributed by atoms with E-state index in [0.717, 1.165) is 25.9 Å². The van der Waals surface area contributed by atoms with E-state index in [0.29, 0.717) is 18.5 Å². The molecular weight excluding hydrogens is 252 g/mol. The summed E-state index contributed by atoms with van der Waals surface area (Å²) >= 11 is 0. The molecule has 0 saturated heterocycles. The van der Waals surface area contributed by atoms with Crippen LogP contribution >= 0.6 is 0 Å². The maximum atomic E-state index is 11.6. The monoisotopic (exact) mass is 282 g/mol. The first-order valence-corrected chi connectivity index (χ1v) is 8.30. The maximum absolute atomic E-state index is 11.6. The molecule has 2 saturated carbocycles. The molecule has 0 aromatic rings. The molecule has 20 heavy (non-hydrogen) atoms. The van der Waals surface area contributed by atoms with Crippen LogP contribution in [0, 0.1) is 0 Å². The highest BCUT2D eigenvalue weighted by Gasteiger charge is 2.38. The Balaban J connectivity index is 1.87. The molecule has 2 N–H and O–H groups in total. The molecule has 0 aromatic carbocycles. The molecule has 2 aliphatic rings. The molecule has 0 radical (unpaired) electrons. The fraction of sp³-hybridized carbons (Fsp3) is 0.938. The first-order chi connectivity index (χ1) is 9.55. The molecule has 0 aromatic heterocycles. The number of hydrogen-bond acceptors (Lipinski definition) is 3. The van der Waals surface area contributed by atoms with Crippen molar-refractivity contribution in [3.63, 3.8) is 0 Å². The first-order valence-electron chi connectivity index (χ1n) is 8.30. The predicted octanol–water partition coefficient (Wildman–Crippen LogP) is 2.63. The summed E-state index contributed by atoms with van der Waals surface area (Å²) in [6.07, 6.45) is 9.55. The van der Waals surface area contributed by atoms with Gasteiger partial charge in [0.1, 0.15) is 5.54 Å². The zero-order valence-corrected chi connectivity index (χ0v) is 13.0. The topological polar surface area (TPSA) is 52.6 Å². The van der Waals surface area contributed by atoms with E-state index >= 15 is 0 Å². The van der Waals surface area contributed by atoms with Crippen LogP contribution < -0.4 is 5.32 Å². The number of carbonyl (C=O) groups is 1. The Hall–Kier alpha value is -0.610. The quantitative estimate of drug-likeness (QED) is 0.718. The van der Waals surface area contributed by atoms with Crippen molar-refractivity contribution in [2.24, 2.45) is 0 Å². The van der Waals surface area contributed by atoms with Gasteiger partial charge in [-0.1, -0.05) is 26.2 Å². The second-order valence-corrected chi connectivity index (χ2v) is 6.73. The van der Waals surface area contributed by atoms with E-state index in [1.165, 1.54) is 32.1 Å². The molecule has 4 heteroatoms. The summed E-state index contributed by atoms with van der Waals surface area (Å²) < 4.78 is 0. The van der Waals surface area contributed by atoms with Crippen molar-refractivity contribution >= 4 is 5.97 Å². The smallest absolute Gasteiger partial charge is 0.323 e. The van der Waals surface area contributed by atoms with Crippen LogP contribution in [0.4, 0.5) is 0 Å². The number of rotatable bonds is 8. The summed E-state index contributed by atoms with van der Waals surface area (Å²) in [5.41, 5.74) is -0.761. The van der Waals surface area contributed by atoms with Crippen molar-refractivity contribution in [2.45, 2.75) is 82.8 Å². The Morgan fingerprint density at radius 1 is 1.25 bits per heavy atom. The van der Waals surface area contributed by atoms with E-state index in [1.54, 1.807) is 0 Å². The largest absolute Gasteiger partial charge is 0.480 e. The van der Waals surface area contributed by atoms with Gasteiger partial charge in [-0.3, -0.25) is 10.1 Å². The number of carboxylic acid groups (broad SMARTS) is 1. The Labute approximate surface area is 122 Å². The van der Waals surface area contributed by atoms with E-state index in [2.05, 4.69) is 17.1 Å². The van der Waals surface area contributed by atoms with E-state index in [9.17, 15) is 9.90 Å². The minimum absolute atomic E-state index is 0.431. The average Bonchev–Trinajstić information content (AvgIpc) is 3.24. The van der Waals surface area contributed by atoms with E-state index in [1.807, 2.05) is 6.92 Å². The van der Waals surface area contributed by atoms with Gasteiger partial charge in [-0.25, -0.2) is 0 Å². The van der Waals surface area contributed by atoms with Gasteiger partial charge in [0.2, 0.25) is 0 Å². The second-order valence-electron chi connectivity index (χ2n) is 6.73. The van der Waals surface area contributed by atoms with Crippen molar-refractivity contribution in [1.29, 1.82) is 0 Å². The summed E-state index contributed by atoms with van der Waals surface area (Å²) in [5, 5.41) is 12.8. The molecule has 0 spiro atoms. The van der Waals surface area contributed by atoms with Crippen molar-refractivity contribution in [1.82, 2.24) is 10.2 Å².